The third-order valence-electron chi connectivity index (χ3n) is 3.96. The van der Waals surface area contributed by atoms with Gasteiger partial charge in [-0.2, -0.15) is 0 Å². The molecule has 130 valence electrons. The first-order valence-electron chi connectivity index (χ1n) is 8.21. The molecule has 25 heavy (non-hydrogen) atoms. The zero-order chi connectivity index (χ0) is 17.6. The Bertz CT molecular complexity index is 764. The van der Waals surface area contributed by atoms with Gasteiger partial charge in [-0.15, -0.1) is 11.8 Å². The molecular formula is C19H19BrN2O2S. The number of thioether (sulfide) groups is 1. The topological polar surface area (TPSA) is 49.4 Å². The van der Waals surface area contributed by atoms with Crippen LogP contribution in [0.2, 0.25) is 0 Å². The molecule has 1 N–H and O–H groups in total. The van der Waals surface area contributed by atoms with Gasteiger partial charge < -0.3 is 10.2 Å². The molecule has 1 aliphatic rings. The molecule has 4 nitrogen and oxygen atoms in total. The number of carbonyl (C=O) groups is 2. The number of amides is 2. The average molecular weight is 419 g/mol. The van der Waals surface area contributed by atoms with Crippen molar-refractivity contribution in [3.8, 4) is 0 Å². The van der Waals surface area contributed by atoms with E-state index in [9.17, 15) is 9.59 Å². The number of anilines is 2. The van der Waals surface area contributed by atoms with Gasteiger partial charge in [0.1, 0.15) is 0 Å². The lowest BCUT2D eigenvalue weighted by Crippen LogP contribution is -2.23. The van der Waals surface area contributed by atoms with Crippen LogP contribution in [0.5, 0.6) is 0 Å². The van der Waals surface area contributed by atoms with Gasteiger partial charge in [0.2, 0.25) is 11.8 Å². The van der Waals surface area contributed by atoms with Gasteiger partial charge in [0, 0.05) is 45.9 Å². The lowest BCUT2D eigenvalue weighted by Gasteiger charge is -2.16. The fourth-order valence-electron chi connectivity index (χ4n) is 2.68. The molecule has 2 aromatic carbocycles. The summed E-state index contributed by atoms with van der Waals surface area (Å²) in [4.78, 5) is 26.8. The summed E-state index contributed by atoms with van der Waals surface area (Å²) in [5, 5.41) is 2.90. The van der Waals surface area contributed by atoms with E-state index in [-0.39, 0.29) is 11.8 Å². The van der Waals surface area contributed by atoms with Crippen LogP contribution in [0.25, 0.3) is 0 Å². The first-order valence-corrected chi connectivity index (χ1v) is 9.99. The summed E-state index contributed by atoms with van der Waals surface area (Å²) < 4.78 is 1.05. The van der Waals surface area contributed by atoms with Gasteiger partial charge in [-0.25, -0.2) is 0 Å². The predicted octanol–water partition coefficient (Wildman–Crippen LogP) is 4.70. The second-order valence-corrected chi connectivity index (χ2v) is 7.76. The number of rotatable bonds is 6. The SMILES string of the molecule is O=C(CCSc1ccccc1Br)Nc1ccc(N2CCCC2=O)cc1. The monoisotopic (exact) mass is 418 g/mol. The molecule has 6 heteroatoms. The molecule has 0 saturated carbocycles. The van der Waals surface area contributed by atoms with E-state index in [1.54, 1.807) is 16.7 Å². The summed E-state index contributed by atoms with van der Waals surface area (Å²) >= 11 is 5.16. The van der Waals surface area contributed by atoms with Crippen molar-refractivity contribution in [2.24, 2.45) is 0 Å². The fraction of sp³-hybridized carbons (Fsp3) is 0.263. The maximum Gasteiger partial charge on any atom is 0.227 e. The first-order chi connectivity index (χ1) is 12.1. The minimum absolute atomic E-state index is 0.00967. The quantitative estimate of drug-likeness (QED) is 0.691. The smallest absolute Gasteiger partial charge is 0.227 e. The Morgan fingerprint density at radius 3 is 2.60 bits per heavy atom. The van der Waals surface area contributed by atoms with Crippen LogP contribution < -0.4 is 10.2 Å². The molecule has 1 fully saturated rings. The molecule has 1 heterocycles. The number of benzene rings is 2. The molecule has 3 rings (SSSR count). The summed E-state index contributed by atoms with van der Waals surface area (Å²) in [5.74, 6) is 0.875. The minimum Gasteiger partial charge on any atom is -0.326 e. The van der Waals surface area contributed by atoms with Crippen LogP contribution in [0.15, 0.2) is 57.9 Å². The highest BCUT2D eigenvalue weighted by Gasteiger charge is 2.21. The lowest BCUT2D eigenvalue weighted by molar-refractivity contribution is -0.117. The van der Waals surface area contributed by atoms with Crippen LogP contribution in [-0.4, -0.2) is 24.1 Å². The van der Waals surface area contributed by atoms with E-state index in [0.29, 0.717) is 12.8 Å². The van der Waals surface area contributed by atoms with Gasteiger partial charge in [-0.3, -0.25) is 9.59 Å². The van der Waals surface area contributed by atoms with Crippen LogP contribution in [0.4, 0.5) is 11.4 Å². The molecule has 0 aliphatic carbocycles. The van der Waals surface area contributed by atoms with Crippen molar-refractivity contribution in [2.75, 3.05) is 22.5 Å². The Labute approximate surface area is 160 Å². The molecule has 1 saturated heterocycles. The summed E-state index contributed by atoms with van der Waals surface area (Å²) in [6.45, 7) is 0.775. The number of nitrogens with zero attached hydrogens (tertiary/aromatic N) is 1. The number of hydrogen-bond acceptors (Lipinski definition) is 3. The van der Waals surface area contributed by atoms with Crippen molar-refractivity contribution in [2.45, 2.75) is 24.2 Å². The number of hydrogen-bond donors (Lipinski definition) is 1. The normalized spacial score (nSPS) is 14.0. The van der Waals surface area contributed by atoms with E-state index >= 15 is 0 Å². The highest BCUT2D eigenvalue weighted by atomic mass is 79.9. The van der Waals surface area contributed by atoms with Gasteiger partial charge >= 0.3 is 0 Å². The van der Waals surface area contributed by atoms with E-state index < -0.39 is 0 Å². The van der Waals surface area contributed by atoms with Gasteiger partial charge in [0.25, 0.3) is 0 Å². The highest BCUT2D eigenvalue weighted by molar-refractivity contribution is 9.10. The predicted molar refractivity (Wildman–Crippen MR) is 106 cm³/mol. The van der Waals surface area contributed by atoms with Crippen LogP contribution in [0.3, 0.4) is 0 Å². The number of halogens is 1. The zero-order valence-electron chi connectivity index (χ0n) is 13.7. The third kappa shape index (κ3) is 4.86. The Morgan fingerprint density at radius 1 is 1.16 bits per heavy atom. The van der Waals surface area contributed by atoms with Crippen LogP contribution >= 0.6 is 27.7 Å². The number of carbonyl (C=O) groups excluding carboxylic acids is 2. The van der Waals surface area contributed by atoms with Gasteiger partial charge in [-0.05, 0) is 58.7 Å². The second kappa shape index (κ2) is 8.54. The standard InChI is InChI=1S/C19H19BrN2O2S/c20-16-4-1-2-5-17(16)25-13-11-18(23)21-14-7-9-15(10-8-14)22-12-3-6-19(22)24/h1-2,4-5,7-10H,3,6,11-13H2,(H,21,23). The Balaban J connectivity index is 1.48. The number of nitrogens with one attached hydrogen (secondary N) is 1. The lowest BCUT2D eigenvalue weighted by atomic mass is 10.2. The second-order valence-electron chi connectivity index (χ2n) is 5.77. The Kier molecular flexibility index (Phi) is 6.15. The van der Waals surface area contributed by atoms with Crippen molar-refractivity contribution < 1.29 is 9.59 Å². The van der Waals surface area contributed by atoms with Crippen LogP contribution in [-0.2, 0) is 9.59 Å². The largest absolute Gasteiger partial charge is 0.326 e. The molecule has 0 spiro atoms. The molecule has 2 aromatic rings. The molecule has 2 amide bonds. The summed E-state index contributed by atoms with van der Waals surface area (Å²) in [5.41, 5.74) is 1.65. The Morgan fingerprint density at radius 2 is 1.92 bits per heavy atom. The van der Waals surface area contributed by atoms with E-state index in [2.05, 4.69) is 21.2 Å². The van der Waals surface area contributed by atoms with Gasteiger partial charge in [0.05, 0.1) is 0 Å². The van der Waals surface area contributed by atoms with Crippen molar-refractivity contribution >= 4 is 50.9 Å². The molecule has 0 aromatic heterocycles. The minimum atomic E-state index is -0.00967. The van der Waals surface area contributed by atoms with E-state index in [1.165, 1.54) is 0 Å². The van der Waals surface area contributed by atoms with Crippen LogP contribution in [0.1, 0.15) is 19.3 Å². The molecule has 1 aliphatic heterocycles. The summed E-state index contributed by atoms with van der Waals surface area (Å²) in [6, 6.07) is 15.4. The highest BCUT2D eigenvalue weighted by Crippen LogP contribution is 2.27. The third-order valence-corrected chi connectivity index (χ3v) is 5.99. The van der Waals surface area contributed by atoms with Gasteiger partial charge in [-0.1, -0.05) is 12.1 Å². The Hall–Kier alpha value is -1.79. The zero-order valence-corrected chi connectivity index (χ0v) is 16.1. The summed E-state index contributed by atoms with van der Waals surface area (Å²) in [6.07, 6.45) is 1.97. The molecule has 0 radical (unpaired) electrons. The molecule has 0 bridgehead atoms. The summed E-state index contributed by atoms with van der Waals surface area (Å²) in [7, 11) is 0. The maximum absolute atomic E-state index is 12.1. The average Bonchev–Trinajstić information content (AvgIpc) is 3.03. The van der Waals surface area contributed by atoms with E-state index in [4.69, 9.17) is 0 Å². The van der Waals surface area contributed by atoms with Gasteiger partial charge in [0.15, 0.2) is 0 Å². The first kappa shape index (κ1) is 18.0. The molecule has 0 unspecified atom stereocenters. The molecule has 0 atom stereocenters. The van der Waals surface area contributed by atoms with E-state index in [1.807, 2.05) is 48.5 Å². The van der Waals surface area contributed by atoms with Crippen molar-refractivity contribution in [1.29, 1.82) is 0 Å². The maximum atomic E-state index is 12.1. The van der Waals surface area contributed by atoms with Crippen LogP contribution in [0, 0.1) is 0 Å². The van der Waals surface area contributed by atoms with E-state index in [0.717, 1.165) is 39.5 Å². The van der Waals surface area contributed by atoms with Crippen molar-refractivity contribution in [1.82, 2.24) is 0 Å². The molecular weight excluding hydrogens is 400 g/mol. The van der Waals surface area contributed by atoms with Crippen molar-refractivity contribution in [3.63, 3.8) is 0 Å². The fourth-order valence-corrected chi connectivity index (χ4v) is 4.20. The van der Waals surface area contributed by atoms with Crippen molar-refractivity contribution in [3.05, 3.63) is 53.0 Å².